The molecule has 0 spiro atoms. The smallest absolute Gasteiger partial charge is 0.227 e. The summed E-state index contributed by atoms with van der Waals surface area (Å²) in [5, 5.41) is 0. The first-order valence-electron chi connectivity index (χ1n) is 5.37. The topological polar surface area (TPSA) is 4.36 Å². The highest BCUT2D eigenvalue weighted by molar-refractivity contribution is 5.11. The van der Waals surface area contributed by atoms with Gasteiger partial charge in [0, 0.05) is 12.3 Å². The normalized spacial score (nSPS) is 39.3. The van der Waals surface area contributed by atoms with Gasteiger partial charge in [0.15, 0.2) is 0 Å². The van der Waals surface area contributed by atoms with Gasteiger partial charge in [-0.05, 0) is 38.0 Å². The molecule has 3 atom stereocenters. The average Bonchev–Trinajstić information content (AvgIpc) is 2.18. The summed E-state index contributed by atoms with van der Waals surface area (Å²) < 4.78 is 0. The molecule has 70 valence electrons. The molecule has 3 unspecified atom stereocenters. The molecule has 0 aromatic rings. The zero-order valence-electron chi connectivity index (χ0n) is 8.13. The molecule has 0 amide bonds. The van der Waals surface area contributed by atoms with Gasteiger partial charge in [0.2, 0.25) is 6.04 Å². The van der Waals surface area contributed by atoms with Crippen molar-refractivity contribution in [2.45, 2.75) is 44.6 Å². The Morgan fingerprint density at radius 1 is 1.23 bits per heavy atom. The number of allylic oxidation sites excluding steroid dienone is 1. The Labute approximate surface area is 80.7 Å². The van der Waals surface area contributed by atoms with Gasteiger partial charge in [-0.1, -0.05) is 12.2 Å². The Balaban J connectivity index is 2.14. The highest BCUT2D eigenvalue weighted by Crippen LogP contribution is 2.43. The summed E-state index contributed by atoms with van der Waals surface area (Å²) in [6.45, 7) is 11.3. The summed E-state index contributed by atoms with van der Waals surface area (Å²) >= 11 is 0. The minimum absolute atomic E-state index is 0.316. The quantitative estimate of drug-likeness (QED) is 0.392. The van der Waals surface area contributed by atoms with Crippen molar-refractivity contribution in [2.24, 2.45) is 11.8 Å². The molecule has 0 saturated heterocycles. The Bertz CT molecular complexity index is 248. The predicted molar refractivity (Wildman–Crippen MR) is 54.2 cm³/mol. The molecule has 0 bridgehead atoms. The van der Waals surface area contributed by atoms with Crippen molar-refractivity contribution in [2.75, 3.05) is 0 Å². The van der Waals surface area contributed by atoms with Crippen LogP contribution in [-0.2, 0) is 0 Å². The van der Waals surface area contributed by atoms with Crippen LogP contribution in [0.3, 0.4) is 0 Å². The van der Waals surface area contributed by atoms with Crippen LogP contribution in [0.15, 0.2) is 12.2 Å². The molecule has 0 radical (unpaired) electrons. The van der Waals surface area contributed by atoms with Crippen LogP contribution in [0, 0.1) is 18.4 Å². The third kappa shape index (κ3) is 1.50. The SMILES string of the molecule is [C-]#[N+]C1CCCC2C(=C)CCCC12. The van der Waals surface area contributed by atoms with Crippen LogP contribution in [0.5, 0.6) is 0 Å². The van der Waals surface area contributed by atoms with Crippen LogP contribution < -0.4 is 0 Å². The fourth-order valence-electron chi connectivity index (χ4n) is 3.05. The fourth-order valence-corrected chi connectivity index (χ4v) is 3.05. The van der Waals surface area contributed by atoms with Gasteiger partial charge in [-0.15, -0.1) is 0 Å². The van der Waals surface area contributed by atoms with Crippen molar-refractivity contribution in [3.05, 3.63) is 23.6 Å². The van der Waals surface area contributed by atoms with Gasteiger partial charge >= 0.3 is 0 Å². The second kappa shape index (κ2) is 3.54. The molecule has 13 heavy (non-hydrogen) atoms. The van der Waals surface area contributed by atoms with E-state index in [4.69, 9.17) is 6.57 Å². The van der Waals surface area contributed by atoms with Crippen LogP contribution in [0.1, 0.15) is 38.5 Å². The lowest BCUT2D eigenvalue weighted by molar-refractivity contribution is 0.212. The Hall–Kier alpha value is -0.770. The van der Waals surface area contributed by atoms with Crippen molar-refractivity contribution >= 4 is 0 Å². The van der Waals surface area contributed by atoms with Crippen LogP contribution in [0.2, 0.25) is 0 Å². The molecule has 0 aliphatic heterocycles. The molecule has 2 aliphatic rings. The first-order chi connectivity index (χ1) is 6.33. The largest absolute Gasteiger partial charge is 0.313 e. The Morgan fingerprint density at radius 2 is 2.08 bits per heavy atom. The Morgan fingerprint density at radius 3 is 2.85 bits per heavy atom. The van der Waals surface area contributed by atoms with Gasteiger partial charge in [-0.3, -0.25) is 0 Å². The van der Waals surface area contributed by atoms with E-state index in [1.165, 1.54) is 37.7 Å². The minimum atomic E-state index is 0.316. The number of hydrogen-bond acceptors (Lipinski definition) is 0. The molecule has 2 rings (SSSR count). The zero-order valence-corrected chi connectivity index (χ0v) is 8.13. The van der Waals surface area contributed by atoms with Crippen molar-refractivity contribution in [1.82, 2.24) is 0 Å². The summed E-state index contributed by atoms with van der Waals surface area (Å²) in [4.78, 5) is 3.78. The second-order valence-electron chi connectivity index (χ2n) is 4.45. The molecular formula is C12H17N. The van der Waals surface area contributed by atoms with Gasteiger partial charge in [0.25, 0.3) is 0 Å². The summed E-state index contributed by atoms with van der Waals surface area (Å²) in [5.74, 6) is 1.36. The van der Waals surface area contributed by atoms with E-state index in [0.717, 1.165) is 6.42 Å². The third-order valence-electron chi connectivity index (χ3n) is 3.75. The molecule has 2 aliphatic carbocycles. The Kier molecular flexibility index (Phi) is 2.40. The standard InChI is InChI=1S/C12H17N/c1-9-5-3-7-11-10(9)6-4-8-12(11)13-2/h10-12H,1,3-8H2. The molecular weight excluding hydrogens is 158 g/mol. The van der Waals surface area contributed by atoms with E-state index in [1.807, 2.05) is 0 Å². The van der Waals surface area contributed by atoms with E-state index in [0.29, 0.717) is 17.9 Å². The lowest BCUT2D eigenvalue weighted by Gasteiger charge is -2.37. The third-order valence-corrected chi connectivity index (χ3v) is 3.75. The number of nitrogens with zero attached hydrogens (tertiary/aromatic N) is 1. The molecule has 1 heteroatoms. The predicted octanol–water partition coefficient (Wildman–Crippen LogP) is 3.43. The fraction of sp³-hybridized carbons (Fsp3) is 0.750. The van der Waals surface area contributed by atoms with Crippen molar-refractivity contribution < 1.29 is 0 Å². The molecule has 0 N–H and O–H groups in total. The van der Waals surface area contributed by atoms with Crippen molar-refractivity contribution in [3.63, 3.8) is 0 Å². The number of hydrogen-bond donors (Lipinski definition) is 0. The lowest BCUT2D eigenvalue weighted by Crippen LogP contribution is -2.33. The maximum atomic E-state index is 7.18. The highest BCUT2D eigenvalue weighted by Gasteiger charge is 2.39. The van der Waals surface area contributed by atoms with Crippen LogP contribution in [0.25, 0.3) is 4.85 Å². The minimum Gasteiger partial charge on any atom is -0.313 e. The van der Waals surface area contributed by atoms with E-state index in [9.17, 15) is 0 Å². The highest BCUT2D eigenvalue weighted by atomic mass is 14.7. The maximum absolute atomic E-state index is 7.18. The monoisotopic (exact) mass is 175 g/mol. The van der Waals surface area contributed by atoms with Gasteiger partial charge in [0.1, 0.15) is 0 Å². The molecule has 1 nitrogen and oxygen atoms in total. The maximum Gasteiger partial charge on any atom is 0.227 e. The summed E-state index contributed by atoms with van der Waals surface area (Å²) in [6.07, 6.45) is 7.44. The first kappa shape index (κ1) is 8.81. The summed E-state index contributed by atoms with van der Waals surface area (Å²) in [6, 6.07) is 0.316. The van der Waals surface area contributed by atoms with Crippen molar-refractivity contribution in [3.8, 4) is 0 Å². The molecule has 2 fully saturated rings. The van der Waals surface area contributed by atoms with Gasteiger partial charge in [0.05, 0.1) is 0 Å². The van der Waals surface area contributed by atoms with Crippen molar-refractivity contribution in [1.29, 1.82) is 0 Å². The van der Waals surface area contributed by atoms with E-state index >= 15 is 0 Å². The summed E-state index contributed by atoms with van der Waals surface area (Å²) in [7, 11) is 0. The van der Waals surface area contributed by atoms with Crippen LogP contribution >= 0.6 is 0 Å². The summed E-state index contributed by atoms with van der Waals surface area (Å²) in [5.41, 5.74) is 1.43. The molecule has 0 heterocycles. The molecule has 2 saturated carbocycles. The van der Waals surface area contributed by atoms with Gasteiger partial charge < -0.3 is 4.85 Å². The molecule has 0 aromatic heterocycles. The zero-order chi connectivity index (χ0) is 9.26. The molecule has 0 aromatic carbocycles. The van der Waals surface area contributed by atoms with E-state index in [1.54, 1.807) is 0 Å². The average molecular weight is 175 g/mol. The van der Waals surface area contributed by atoms with E-state index < -0.39 is 0 Å². The first-order valence-corrected chi connectivity index (χ1v) is 5.37. The van der Waals surface area contributed by atoms with E-state index in [2.05, 4.69) is 11.4 Å². The van der Waals surface area contributed by atoms with Crippen LogP contribution in [-0.4, -0.2) is 6.04 Å². The van der Waals surface area contributed by atoms with Crippen LogP contribution in [0.4, 0.5) is 0 Å². The van der Waals surface area contributed by atoms with Gasteiger partial charge in [-0.2, -0.15) is 0 Å². The second-order valence-corrected chi connectivity index (χ2v) is 4.45. The lowest BCUT2D eigenvalue weighted by atomic mass is 9.67. The number of rotatable bonds is 0. The van der Waals surface area contributed by atoms with E-state index in [-0.39, 0.29) is 0 Å². The van der Waals surface area contributed by atoms with Gasteiger partial charge in [-0.25, -0.2) is 6.57 Å². The number of fused-ring (bicyclic) bond motifs is 1.